The number of ether oxygens (including phenoxy) is 1. The molecule has 0 spiro atoms. The molecule has 19 heavy (non-hydrogen) atoms. The number of hydrogen-bond donors (Lipinski definition) is 1. The van der Waals surface area contributed by atoms with E-state index in [0.717, 1.165) is 37.4 Å². The van der Waals surface area contributed by atoms with E-state index in [4.69, 9.17) is 4.74 Å². The summed E-state index contributed by atoms with van der Waals surface area (Å²) in [4.78, 5) is 8.24. The molecule has 0 amide bonds. The smallest absolute Gasteiger partial charge is 0.0777 e. The average molecular weight is 259 g/mol. The summed E-state index contributed by atoms with van der Waals surface area (Å²) in [5, 5.41) is 7.61. The highest BCUT2D eigenvalue weighted by molar-refractivity contribution is 5.38. The minimum Gasteiger partial charge on any atom is -0.377 e. The van der Waals surface area contributed by atoms with E-state index >= 15 is 0 Å². The van der Waals surface area contributed by atoms with Crippen molar-refractivity contribution in [2.45, 2.75) is 32.0 Å². The number of anilines is 1. The molecule has 3 rings (SSSR count). The van der Waals surface area contributed by atoms with Crippen molar-refractivity contribution in [1.82, 2.24) is 19.7 Å². The summed E-state index contributed by atoms with van der Waals surface area (Å²) in [6, 6.07) is 0. The first-order valence-corrected chi connectivity index (χ1v) is 6.53. The highest BCUT2D eigenvalue weighted by atomic mass is 16.5. The molecule has 2 aromatic heterocycles. The third kappa shape index (κ3) is 3.29. The van der Waals surface area contributed by atoms with E-state index in [1.807, 2.05) is 17.1 Å². The Balaban J connectivity index is 1.53. The highest BCUT2D eigenvalue weighted by Crippen LogP contribution is 2.15. The minimum absolute atomic E-state index is 0.313. The molecule has 6 nitrogen and oxygen atoms in total. The van der Waals surface area contributed by atoms with E-state index < -0.39 is 0 Å². The standard InChI is InChI=1S/C13H17N5O/c1-2-13(19-5-1)10-18-9-12(8-17-18)16-7-11-6-14-3-4-15-11/h3-4,6,8-9,13,16H,1-2,5,7,10H2. The molecule has 2 aromatic rings. The van der Waals surface area contributed by atoms with Crippen LogP contribution in [0.3, 0.4) is 0 Å². The third-order valence-electron chi connectivity index (χ3n) is 3.14. The summed E-state index contributed by atoms with van der Waals surface area (Å²) in [5.74, 6) is 0. The van der Waals surface area contributed by atoms with Gasteiger partial charge in [0.05, 0.1) is 43.0 Å². The first-order chi connectivity index (χ1) is 9.40. The Morgan fingerprint density at radius 2 is 2.37 bits per heavy atom. The molecule has 3 heterocycles. The van der Waals surface area contributed by atoms with Gasteiger partial charge in [-0.25, -0.2) is 0 Å². The molecule has 6 heteroatoms. The first-order valence-electron chi connectivity index (χ1n) is 6.53. The van der Waals surface area contributed by atoms with E-state index in [1.165, 1.54) is 0 Å². The van der Waals surface area contributed by atoms with E-state index in [0.29, 0.717) is 12.6 Å². The van der Waals surface area contributed by atoms with Gasteiger partial charge in [0.25, 0.3) is 0 Å². The zero-order chi connectivity index (χ0) is 12.9. The second-order valence-electron chi connectivity index (χ2n) is 4.64. The average Bonchev–Trinajstić information content (AvgIpc) is 3.10. The SMILES string of the molecule is c1cnc(CNc2cnn(CC3CCCO3)c2)cn1. The van der Waals surface area contributed by atoms with Crippen LogP contribution in [0.25, 0.3) is 0 Å². The molecule has 1 N–H and O–H groups in total. The van der Waals surface area contributed by atoms with Gasteiger partial charge >= 0.3 is 0 Å². The number of hydrogen-bond acceptors (Lipinski definition) is 5. The zero-order valence-corrected chi connectivity index (χ0v) is 10.7. The molecule has 100 valence electrons. The fourth-order valence-corrected chi connectivity index (χ4v) is 2.17. The quantitative estimate of drug-likeness (QED) is 0.880. The molecular formula is C13H17N5O. The van der Waals surface area contributed by atoms with Crippen molar-refractivity contribution in [2.24, 2.45) is 0 Å². The van der Waals surface area contributed by atoms with Crippen LogP contribution in [0.15, 0.2) is 31.0 Å². The van der Waals surface area contributed by atoms with Crippen molar-refractivity contribution in [1.29, 1.82) is 0 Å². The molecule has 0 saturated carbocycles. The van der Waals surface area contributed by atoms with E-state index in [2.05, 4.69) is 20.4 Å². The molecule has 1 aliphatic rings. The maximum atomic E-state index is 5.60. The lowest BCUT2D eigenvalue weighted by atomic mass is 10.2. The lowest BCUT2D eigenvalue weighted by Gasteiger charge is -2.08. The van der Waals surface area contributed by atoms with Gasteiger partial charge in [0.15, 0.2) is 0 Å². The molecular weight excluding hydrogens is 242 g/mol. The maximum absolute atomic E-state index is 5.60. The summed E-state index contributed by atoms with van der Waals surface area (Å²) in [7, 11) is 0. The summed E-state index contributed by atoms with van der Waals surface area (Å²) < 4.78 is 7.52. The van der Waals surface area contributed by atoms with Crippen LogP contribution in [0.4, 0.5) is 5.69 Å². The maximum Gasteiger partial charge on any atom is 0.0777 e. The van der Waals surface area contributed by atoms with Gasteiger partial charge in [-0.1, -0.05) is 0 Å². The van der Waals surface area contributed by atoms with Crippen LogP contribution in [-0.2, 0) is 17.8 Å². The molecule has 1 atom stereocenters. The number of aromatic nitrogens is 4. The Bertz CT molecular complexity index is 507. The van der Waals surface area contributed by atoms with Crippen molar-refractivity contribution in [2.75, 3.05) is 11.9 Å². The van der Waals surface area contributed by atoms with Gasteiger partial charge in [-0.15, -0.1) is 0 Å². The number of rotatable bonds is 5. The van der Waals surface area contributed by atoms with Crippen LogP contribution in [-0.4, -0.2) is 32.5 Å². The molecule has 0 bridgehead atoms. The first kappa shape index (κ1) is 12.1. The van der Waals surface area contributed by atoms with Crippen molar-refractivity contribution >= 4 is 5.69 Å². The number of nitrogens with one attached hydrogen (secondary N) is 1. The summed E-state index contributed by atoms with van der Waals surface area (Å²) in [6.45, 7) is 2.36. The van der Waals surface area contributed by atoms with E-state index in [-0.39, 0.29) is 0 Å². The molecule has 0 radical (unpaired) electrons. The van der Waals surface area contributed by atoms with Gasteiger partial charge in [-0.05, 0) is 12.8 Å². The highest BCUT2D eigenvalue weighted by Gasteiger charge is 2.16. The van der Waals surface area contributed by atoms with Gasteiger partial charge in [0.1, 0.15) is 0 Å². The third-order valence-corrected chi connectivity index (χ3v) is 3.14. The predicted octanol–water partition coefficient (Wildman–Crippen LogP) is 1.46. The largest absolute Gasteiger partial charge is 0.377 e. The Morgan fingerprint density at radius 1 is 1.37 bits per heavy atom. The molecule has 0 aliphatic carbocycles. The molecule has 0 aromatic carbocycles. The fraction of sp³-hybridized carbons (Fsp3) is 0.462. The van der Waals surface area contributed by atoms with Crippen molar-refractivity contribution in [3.63, 3.8) is 0 Å². The fourth-order valence-electron chi connectivity index (χ4n) is 2.17. The van der Waals surface area contributed by atoms with Crippen LogP contribution in [0.1, 0.15) is 18.5 Å². The topological polar surface area (TPSA) is 64.9 Å². The van der Waals surface area contributed by atoms with E-state index in [1.54, 1.807) is 18.6 Å². The molecule has 1 fully saturated rings. The summed E-state index contributed by atoms with van der Waals surface area (Å²) >= 11 is 0. The molecule has 1 aliphatic heterocycles. The Hall–Kier alpha value is -1.95. The van der Waals surface area contributed by atoms with Crippen LogP contribution >= 0.6 is 0 Å². The van der Waals surface area contributed by atoms with Gasteiger partial charge < -0.3 is 10.1 Å². The van der Waals surface area contributed by atoms with Crippen LogP contribution in [0.2, 0.25) is 0 Å². The Morgan fingerprint density at radius 3 is 3.16 bits per heavy atom. The van der Waals surface area contributed by atoms with Gasteiger partial charge in [-0.3, -0.25) is 14.6 Å². The summed E-state index contributed by atoms with van der Waals surface area (Å²) in [6.07, 6.45) is 11.5. The lowest BCUT2D eigenvalue weighted by molar-refractivity contribution is 0.0940. The number of nitrogens with zero attached hydrogens (tertiary/aromatic N) is 4. The van der Waals surface area contributed by atoms with E-state index in [9.17, 15) is 0 Å². The predicted molar refractivity (Wildman–Crippen MR) is 70.6 cm³/mol. The second kappa shape index (κ2) is 5.79. The monoisotopic (exact) mass is 259 g/mol. The van der Waals surface area contributed by atoms with Crippen molar-refractivity contribution < 1.29 is 4.74 Å². The molecule has 1 unspecified atom stereocenters. The Kier molecular flexibility index (Phi) is 3.69. The van der Waals surface area contributed by atoms with Crippen molar-refractivity contribution in [3.8, 4) is 0 Å². The van der Waals surface area contributed by atoms with Crippen LogP contribution in [0, 0.1) is 0 Å². The van der Waals surface area contributed by atoms with Crippen LogP contribution in [0.5, 0.6) is 0 Å². The second-order valence-corrected chi connectivity index (χ2v) is 4.64. The van der Waals surface area contributed by atoms with Gasteiger partial charge in [0.2, 0.25) is 0 Å². The minimum atomic E-state index is 0.313. The zero-order valence-electron chi connectivity index (χ0n) is 10.7. The normalized spacial score (nSPS) is 18.6. The van der Waals surface area contributed by atoms with Gasteiger partial charge in [0, 0.05) is 25.2 Å². The van der Waals surface area contributed by atoms with Crippen molar-refractivity contribution in [3.05, 3.63) is 36.7 Å². The molecule has 1 saturated heterocycles. The van der Waals surface area contributed by atoms with Crippen LogP contribution < -0.4 is 5.32 Å². The summed E-state index contributed by atoms with van der Waals surface area (Å²) in [5.41, 5.74) is 1.90. The lowest BCUT2D eigenvalue weighted by Crippen LogP contribution is -2.15. The van der Waals surface area contributed by atoms with Gasteiger partial charge in [-0.2, -0.15) is 5.10 Å². The Labute approximate surface area is 111 Å².